The van der Waals surface area contributed by atoms with Gasteiger partial charge in [0.15, 0.2) is 0 Å². The van der Waals surface area contributed by atoms with Crippen LogP contribution in [0.1, 0.15) is 43.0 Å². The van der Waals surface area contributed by atoms with Crippen molar-refractivity contribution in [3.63, 3.8) is 0 Å². The Morgan fingerprint density at radius 2 is 1.95 bits per heavy atom. The van der Waals surface area contributed by atoms with Gasteiger partial charge in [-0.05, 0) is 32.3 Å². The molecule has 2 N–H and O–H groups in total. The van der Waals surface area contributed by atoms with E-state index in [0.29, 0.717) is 16.7 Å². The van der Waals surface area contributed by atoms with E-state index in [4.69, 9.17) is 15.0 Å². The Bertz CT molecular complexity index is 591. The number of rotatable bonds is 5. The second-order valence-corrected chi connectivity index (χ2v) is 6.11. The number of aryl methyl sites for hydroxylation is 1. The third-order valence-corrected chi connectivity index (χ3v) is 5.03. The van der Waals surface area contributed by atoms with Crippen molar-refractivity contribution >= 4 is 16.3 Å². The quantitative estimate of drug-likeness (QED) is 0.911. The van der Waals surface area contributed by atoms with Crippen LogP contribution in [0.15, 0.2) is 4.52 Å². The van der Waals surface area contributed by atoms with E-state index in [0.717, 1.165) is 24.0 Å². The minimum atomic E-state index is -0.491. The fraction of sp³-hybridized carbons (Fsp3) is 0.571. The molecule has 2 aromatic rings. The van der Waals surface area contributed by atoms with Gasteiger partial charge in [-0.25, -0.2) is 0 Å². The molecule has 0 radical (unpaired) electrons. The highest BCUT2D eigenvalue weighted by Crippen LogP contribution is 2.38. The minimum Gasteiger partial charge on any atom is -0.390 e. The maximum atomic E-state index is 6.05. The number of nitrogen functional groups attached to an aromatic ring is 1. The molecule has 0 aliphatic rings. The third kappa shape index (κ3) is 2.23. The average Bonchev–Trinajstić information content (AvgIpc) is 2.99. The summed E-state index contributed by atoms with van der Waals surface area (Å²) >= 11 is 1.54. The summed E-state index contributed by atoms with van der Waals surface area (Å²) in [4.78, 5) is 5.69. The van der Waals surface area contributed by atoms with Crippen LogP contribution in [0.3, 0.4) is 0 Å². The molecule has 0 fully saturated rings. The van der Waals surface area contributed by atoms with Crippen molar-refractivity contribution in [3.05, 3.63) is 16.3 Å². The molecule has 0 saturated carbocycles. The fourth-order valence-electron chi connectivity index (χ4n) is 2.38. The van der Waals surface area contributed by atoms with E-state index < -0.39 is 5.60 Å². The predicted molar refractivity (Wildman–Crippen MR) is 80.8 cm³/mol. The Balaban J connectivity index is 2.48. The number of hydrogen-bond donors (Lipinski definition) is 1. The van der Waals surface area contributed by atoms with Gasteiger partial charge in [-0.1, -0.05) is 19.0 Å². The van der Waals surface area contributed by atoms with Gasteiger partial charge in [0.05, 0.1) is 10.6 Å². The molecule has 5 nitrogen and oxygen atoms in total. The lowest BCUT2D eigenvalue weighted by molar-refractivity contribution is -0.0306. The van der Waals surface area contributed by atoms with Gasteiger partial charge in [0.2, 0.25) is 5.82 Å². The largest absolute Gasteiger partial charge is 0.390 e. The average molecular weight is 295 g/mol. The zero-order chi connectivity index (χ0) is 14.9. The maximum absolute atomic E-state index is 6.05. The number of aromatic nitrogens is 2. The second kappa shape index (κ2) is 5.54. The molecule has 0 bridgehead atoms. The predicted octanol–water partition coefficient (Wildman–Crippen LogP) is 3.66. The summed E-state index contributed by atoms with van der Waals surface area (Å²) < 4.78 is 11.0. The molecule has 2 aromatic heterocycles. The summed E-state index contributed by atoms with van der Waals surface area (Å²) in [6, 6.07) is 0. The van der Waals surface area contributed by atoms with Gasteiger partial charge in [-0.3, -0.25) is 0 Å². The first-order valence-corrected chi connectivity index (χ1v) is 7.55. The number of thiophene rings is 1. The lowest BCUT2D eigenvalue weighted by atomic mass is 9.96. The first-order valence-electron chi connectivity index (χ1n) is 6.74. The smallest absolute Gasteiger partial charge is 0.261 e. The van der Waals surface area contributed by atoms with Crippen LogP contribution in [0.25, 0.3) is 11.5 Å². The molecule has 0 aliphatic carbocycles. The van der Waals surface area contributed by atoms with Crippen molar-refractivity contribution in [2.75, 3.05) is 12.8 Å². The van der Waals surface area contributed by atoms with Crippen molar-refractivity contribution < 1.29 is 9.26 Å². The van der Waals surface area contributed by atoms with Crippen LogP contribution in [0.4, 0.5) is 5.00 Å². The molecular weight excluding hydrogens is 274 g/mol. The van der Waals surface area contributed by atoms with Crippen LogP contribution in [0.5, 0.6) is 0 Å². The SMILES string of the molecule is CCC(CC)(OC)c1noc(-c2c(N)sc(C)c2C)n1. The van der Waals surface area contributed by atoms with Crippen LogP contribution in [0, 0.1) is 13.8 Å². The minimum absolute atomic E-state index is 0.475. The van der Waals surface area contributed by atoms with Gasteiger partial charge in [0.1, 0.15) is 5.60 Å². The van der Waals surface area contributed by atoms with E-state index in [1.807, 2.05) is 13.8 Å². The van der Waals surface area contributed by atoms with E-state index >= 15 is 0 Å². The summed E-state index contributed by atoms with van der Waals surface area (Å²) in [6.45, 7) is 8.16. The molecule has 0 aromatic carbocycles. The van der Waals surface area contributed by atoms with Gasteiger partial charge in [0.25, 0.3) is 5.89 Å². The highest BCUT2D eigenvalue weighted by atomic mass is 32.1. The first kappa shape index (κ1) is 15.0. The van der Waals surface area contributed by atoms with Crippen LogP contribution in [-0.2, 0) is 10.3 Å². The monoisotopic (exact) mass is 295 g/mol. The van der Waals surface area contributed by atoms with Crippen molar-refractivity contribution in [2.24, 2.45) is 0 Å². The first-order chi connectivity index (χ1) is 9.49. The fourth-order valence-corrected chi connectivity index (χ4v) is 3.30. The van der Waals surface area contributed by atoms with Gasteiger partial charge >= 0.3 is 0 Å². The topological polar surface area (TPSA) is 74.2 Å². The van der Waals surface area contributed by atoms with Crippen LogP contribution < -0.4 is 5.73 Å². The number of nitrogens with two attached hydrogens (primary N) is 1. The number of nitrogens with zero attached hydrogens (tertiary/aromatic N) is 2. The maximum Gasteiger partial charge on any atom is 0.261 e. The van der Waals surface area contributed by atoms with Crippen LogP contribution in [0.2, 0.25) is 0 Å². The van der Waals surface area contributed by atoms with Crippen LogP contribution in [-0.4, -0.2) is 17.3 Å². The van der Waals surface area contributed by atoms with E-state index in [1.165, 1.54) is 4.88 Å². The third-order valence-electron chi connectivity index (χ3n) is 3.99. The zero-order valence-corrected chi connectivity index (χ0v) is 13.4. The molecule has 0 amide bonds. The van der Waals surface area contributed by atoms with Crippen molar-refractivity contribution in [3.8, 4) is 11.5 Å². The lowest BCUT2D eigenvalue weighted by Crippen LogP contribution is -2.28. The highest BCUT2D eigenvalue weighted by Gasteiger charge is 2.34. The lowest BCUT2D eigenvalue weighted by Gasteiger charge is -2.25. The molecule has 2 rings (SSSR count). The number of methoxy groups -OCH3 is 1. The molecule has 0 spiro atoms. The molecule has 0 unspecified atom stereocenters. The highest BCUT2D eigenvalue weighted by molar-refractivity contribution is 7.16. The molecule has 6 heteroatoms. The van der Waals surface area contributed by atoms with Crippen molar-refractivity contribution in [1.29, 1.82) is 0 Å². The zero-order valence-electron chi connectivity index (χ0n) is 12.6. The number of ether oxygens (including phenoxy) is 1. The Labute approximate surface area is 123 Å². The molecule has 20 heavy (non-hydrogen) atoms. The Hall–Kier alpha value is -1.40. The summed E-state index contributed by atoms with van der Waals surface area (Å²) in [5.74, 6) is 1.06. The van der Waals surface area contributed by atoms with Crippen LogP contribution >= 0.6 is 11.3 Å². The van der Waals surface area contributed by atoms with Gasteiger partial charge in [-0.2, -0.15) is 4.98 Å². The Morgan fingerprint density at radius 1 is 1.30 bits per heavy atom. The normalized spacial score (nSPS) is 12.1. The Kier molecular flexibility index (Phi) is 4.15. The van der Waals surface area contributed by atoms with Crippen molar-refractivity contribution in [1.82, 2.24) is 10.1 Å². The molecule has 0 aliphatic heterocycles. The molecular formula is C14H21N3O2S. The summed E-state index contributed by atoms with van der Waals surface area (Å²) in [6.07, 6.45) is 1.58. The Morgan fingerprint density at radius 3 is 2.40 bits per heavy atom. The van der Waals surface area contributed by atoms with Gasteiger partial charge in [-0.15, -0.1) is 11.3 Å². The van der Waals surface area contributed by atoms with E-state index in [9.17, 15) is 0 Å². The van der Waals surface area contributed by atoms with E-state index in [-0.39, 0.29) is 0 Å². The standard InChI is InChI=1S/C14H21N3O2S/c1-6-14(7-2,18-5)13-16-12(19-17-13)10-8(3)9(4)20-11(10)15/h6-7,15H2,1-5H3. The molecule has 2 heterocycles. The second-order valence-electron chi connectivity index (χ2n) is 4.85. The molecule has 0 saturated heterocycles. The van der Waals surface area contributed by atoms with E-state index in [2.05, 4.69) is 24.0 Å². The van der Waals surface area contributed by atoms with E-state index in [1.54, 1.807) is 18.4 Å². The number of hydrogen-bond acceptors (Lipinski definition) is 6. The summed E-state index contributed by atoms with van der Waals surface area (Å²) in [5.41, 5.74) is 7.51. The summed E-state index contributed by atoms with van der Waals surface area (Å²) in [5, 5.41) is 4.82. The molecule has 0 atom stereocenters. The summed E-state index contributed by atoms with van der Waals surface area (Å²) in [7, 11) is 1.68. The van der Waals surface area contributed by atoms with Crippen molar-refractivity contribution in [2.45, 2.75) is 46.1 Å². The van der Waals surface area contributed by atoms with Gasteiger partial charge < -0.3 is 15.0 Å². The molecule has 110 valence electrons. The van der Waals surface area contributed by atoms with Gasteiger partial charge in [0, 0.05) is 12.0 Å². The number of anilines is 1.